The van der Waals surface area contributed by atoms with Gasteiger partial charge in [-0.3, -0.25) is 0 Å². The van der Waals surface area contributed by atoms with Gasteiger partial charge in [0.1, 0.15) is 0 Å². The Morgan fingerprint density at radius 3 is 2.50 bits per heavy atom. The predicted molar refractivity (Wildman–Crippen MR) is 74.8 cm³/mol. The molecule has 0 saturated heterocycles. The Hall–Kier alpha value is -0.560. The molecule has 0 nitrogen and oxygen atoms in total. The van der Waals surface area contributed by atoms with Gasteiger partial charge in [0.05, 0.1) is 0 Å². The number of hydrogen-bond donors (Lipinski definition) is 0. The van der Waals surface area contributed by atoms with Crippen LogP contribution in [0.1, 0.15) is 50.8 Å². The van der Waals surface area contributed by atoms with E-state index in [0.717, 1.165) is 12.8 Å². The number of allylic oxidation sites excluding steroid dienone is 1. The van der Waals surface area contributed by atoms with Crippen molar-refractivity contribution in [3.8, 4) is 0 Å². The van der Waals surface area contributed by atoms with Gasteiger partial charge >= 0.3 is 0 Å². The van der Waals surface area contributed by atoms with Crippen molar-refractivity contribution in [3.05, 3.63) is 38.9 Å². The molecular formula is C15H19Br. The molecule has 0 atom stereocenters. The summed E-state index contributed by atoms with van der Waals surface area (Å²) in [4.78, 5) is 0. The van der Waals surface area contributed by atoms with Gasteiger partial charge in [-0.05, 0) is 34.9 Å². The van der Waals surface area contributed by atoms with Gasteiger partial charge in [0, 0.05) is 4.47 Å². The monoisotopic (exact) mass is 278 g/mol. The summed E-state index contributed by atoms with van der Waals surface area (Å²) in [5.74, 6) is 0. The minimum Gasteiger partial charge on any atom is -0.0654 e. The molecule has 86 valence electrons. The van der Waals surface area contributed by atoms with Crippen LogP contribution in [-0.4, -0.2) is 0 Å². The molecule has 1 aromatic carbocycles. The fourth-order valence-electron chi connectivity index (χ4n) is 2.26. The summed E-state index contributed by atoms with van der Waals surface area (Å²) in [6.45, 7) is 9.03. The van der Waals surface area contributed by atoms with Crippen LogP contribution in [0, 0.1) is 0 Å². The summed E-state index contributed by atoms with van der Waals surface area (Å²) in [6.07, 6.45) is 4.62. The van der Waals surface area contributed by atoms with E-state index in [2.05, 4.69) is 61.8 Å². The van der Waals surface area contributed by atoms with Gasteiger partial charge in [-0.25, -0.2) is 0 Å². The second-order valence-corrected chi connectivity index (χ2v) is 6.37. The molecule has 0 N–H and O–H groups in total. The molecule has 0 aliphatic heterocycles. The fraction of sp³-hybridized carbons (Fsp3) is 0.467. The molecule has 0 heterocycles. The molecule has 0 saturated carbocycles. The van der Waals surface area contributed by atoms with E-state index in [9.17, 15) is 0 Å². The Balaban J connectivity index is 2.49. The van der Waals surface area contributed by atoms with Crippen LogP contribution in [0.5, 0.6) is 0 Å². The average molecular weight is 279 g/mol. The Morgan fingerprint density at radius 1 is 1.25 bits per heavy atom. The molecule has 0 bridgehead atoms. The van der Waals surface area contributed by atoms with Crippen molar-refractivity contribution in [2.75, 3.05) is 0 Å². The summed E-state index contributed by atoms with van der Waals surface area (Å²) in [6, 6.07) is 4.53. The van der Waals surface area contributed by atoms with E-state index >= 15 is 0 Å². The lowest BCUT2D eigenvalue weighted by Crippen LogP contribution is -2.13. The van der Waals surface area contributed by atoms with Crippen molar-refractivity contribution < 1.29 is 0 Å². The number of rotatable bonds is 1. The Morgan fingerprint density at radius 2 is 1.94 bits per heavy atom. The van der Waals surface area contributed by atoms with Crippen molar-refractivity contribution in [1.82, 2.24) is 0 Å². The van der Waals surface area contributed by atoms with Crippen LogP contribution in [0.15, 0.2) is 22.2 Å². The van der Waals surface area contributed by atoms with Gasteiger partial charge < -0.3 is 0 Å². The van der Waals surface area contributed by atoms with Crippen molar-refractivity contribution in [1.29, 1.82) is 0 Å². The molecule has 1 heteroatoms. The first kappa shape index (κ1) is 11.9. The maximum atomic E-state index is 3.79. The first-order valence-electron chi connectivity index (χ1n) is 5.94. The summed E-state index contributed by atoms with van der Waals surface area (Å²) in [7, 11) is 0. The number of fused-ring (bicyclic) bond motifs is 1. The van der Waals surface area contributed by atoms with E-state index in [0.29, 0.717) is 0 Å². The molecule has 1 aliphatic carbocycles. The molecule has 16 heavy (non-hydrogen) atoms. The van der Waals surface area contributed by atoms with Gasteiger partial charge in [-0.1, -0.05) is 67.4 Å². The van der Waals surface area contributed by atoms with Crippen LogP contribution in [0.2, 0.25) is 0 Å². The first-order chi connectivity index (χ1) is 7.43. The van der Waals surface area contributed by atoms with Crippen LogP contribution in [0.3, 0.4) is 0 Å². The summed E-state index contributed by atoms with van der Waals surface area (Å²) in [5.41, 5.74) is 6.04. The van der Waals surface area contributed by atoms with Gasteiger partial charge in [-0.15, -0.1) is 0 Å². The lowest BCUT2D eigenvalue weighted by atomic mass is 9.85. The molecule has 0 radical (unpaired) electrons. The van der Waals surface area contributed by atoms with Crippen LogP contribution < -0.4 is 0 Å². The van der Waals surface area contributed by atoms with E-state index in [4.69, 9.17) is 0 Å². The van der Waals surface area contributed by atoms with Gasteiger partial charge in [0.25, 0.3) is 0 Å². The van der Waals surface area contributed by atoms with Gasteiger partial charge in [0.2, 0.25) is 0 Å². The maximum Gasteiger partial charge on any atom is 0.0253 e. The molecule has 0 fully saturated rings. The number of hydrogen-bond acceptors (Lipinski definition) is 0. The quantitative estimate of drug-likeness (QED) is 0.671. The smallest absolute Gasteiger partial charge is 0.0253 e. The van der Waals surface area contributed by atoms with Crippen LogP contribution in [0.4, 0.5) is 0 Å². The van der Waals surface area contributed by atoms with Gasteiger partial charge in [-0.2, -0.15) is 0 Å². The third-order valence-corrected chi connectivity index (χ3v) is 4.21. The second-order valence-electron chi connectivity index (χ2n) is 5.58. The van der Waals surface area contributed by atoms with E-state index in [1.165, 1.54) is 21.2 Å². The van der Waals surface area contributed by atoms with E-state index < -0.39 is 0 Å². The zero-order valence-corrected chi connectivity index (χ0v) is 12.1. The molecule has 0 aromatic heterocycles. The van der Waals surface area contributed by atoms with Crippen LogP contribution in [-0.2, 0) is 11.8 Å². The standard InChI is InChI=1S/C15H19Br/c1-5-10-8-11-6-7-13(15(2,3)4)14(16)12(11)9-10/h6-8H,5,9H2,1-4H3. The fourth-order valence-corrected chi connectivity index (χ4v) is 3.35. The maximum absolute atomic E-state index is 3.79. The highest BCUT2D eigenvalue weighted by molar-refractivity contribution is 9.10. The van der Waals surface area contributed by atoms with E-state index in [-0.39, 0.29) is 5.41 Å². The zero-order valence-electron chi connectivity index (χ0n) is 10.5. The first-order valence-corrected chi connectivity index (χ1v) is 6.74. The molecule has 0 unspecified atom stereocenters. The van der Waals surface area contributed by atoms with Crippen LogP contribution >= 0.6 is 15.9 Å². The molecule has 2 rings (SSSR count). The Bertz CT molecular complexity index is 447. The van der Waals surface area contributed by atoms with Crippen LogP contribution in [0.25, 0.3) is 6.08 Å². The lowest BCUT2D eigenvalue weighted by molar-refractivity contribution is 0.586. The zero-order chi connectivity index (χ0) is 11.9. The Kier molecular flexibility index (Phi) is 3.00. The Labute approximate surface area is 107 Å². The number of benzene rings is 1. The third kappa shape index (κ3) is 1.98. The van der Waals surface area contributed by atoms with Crippen molar-refractivity contribution in [2.24, 2.45) is 0 Å². The highest BCUT2D eigenvalue weighted by atomic mass is 79.9. The number of halogens is 1. The SMILES string of the molecule is CCC1=Cc2ccc(C(C)(C)C)c(Br)c2C1. The normalized spacial score (nSPS) is 14.9. The van der Waals surface area contributed by atoms with Crippen molar-refractivity contribution in [2.45, 2.75) is 46.0 Å². The molecular weight excluding hydrogens is 260 g/mol. The highest BCUT2D eigenvalue weighted by Crippen LogP contribution is 2.38. The van der Waals surface area contributed by atoms with Crippen molar-refractivity contribution in [3.63, 3.8) is 0 Å². The summed E-state index contributed by atoms with van der Waals surface area (Å²) in [5, 5.41) is 0. The van der Waals surface area contributed by atoms with Gasteiger partial charge in [0.15, 0.2) is 0 Å². The summed E-state index contributed by atoms with van der Waals surface area (Å²) < 4.78 is 1.32. The van der Waals surface area contributed by atoms with E-state index in [1.54, 1.807) is 5.57 Å². The summed E-state index contributed by atoms with van der Waals surface area (Å²) >= 11 is 3.79. The minimum atomic E-state index is 0.211. The molecule has 1 aromatic rings. The highest BCUT2D eigenvalue weighted by Gasteiger charge is 2.22. The second kappa shape index (κ2) is 4.03. The molecule has 0 amide bonds. The predicted octanol–water partition coefficient (Wildman–Crippen LogP) is 5.10. The lowest BCUT2D eigenvalue weighted by Gasteiger charge is -2.22. The van der Waals surface area contributed by atoms with Crippen molar-refractivity contribution >= 4 is 22.0 Å². The largest absolute Gasteiger partial charge is 0.0654 e. The van der Waals surface area contributed by atoms with E-state index in [1.807, 2.05) is 0 Å². The third-order valence-electron chi connectivity index (χ3n) is 3.31. The average Bonchev–Trinajstić information content (AvgIpc) is 2.60. The molecule has 1 aliphatic rings. The molecule has 0 spiro atoms. The minimum absolute atomic E-state index is 0.211. The topological polar surface area (TPSA) is 0 Å².